The lowest BCUT2D eigenvalue weighted by Crippen LogP contribution is -2.30. The van der Waals surface area contributed by atoms with Crippen LogP contribution >= 0.6 is 0 Å². The van der Waals surface area contributed by atoms with Crippen molar-refractivity contribution in [3.63, 3.8) is 0 Å². The molecule has 0 amide bonds. The maximum Gasteiger partial charge on any atom is 0.291 e. The van der Waals surface area contributed by atoms with Crippen molar-refractivity contribution in [3.05, 3.63) is 46.4 Å². The Morgan fingerprint density at radius 1 is 1.35 bits per heavy atom. The number of nitro groups is 1. The van der Waals surface area contributed by atoms with Crippen LogP contribution in [0.15, 0.2) is 35.4 Å². The third kappa shape index (κ3) is 2.36. The number of hydrogen-bond donors (Lipinski definition) is 0. The monoisotopic (exact) mass is 339 g/mol. The second kappa shape index (κ2) is 5.16. The van der Waals surface area contributed by atoms with Crippen molar-refractivity contribution in [1.29, 1.82) is 0 Å². The zero-order valence-electron chi connectivity index (χ0n) is 11.8. The molecule has 0 bridgehead atoms. The molecule has 10 heteroatoms. The molecule has 0 saturated carbocycles. The molecule has 0 radical (unpaired) electrons. The Balaban J connectivity index is 2.31. The molecule has 3 rings (SSSR count). The molecular weight excluding hydrogens is 329 g/mol. The fourth-order valence-corrected chi connectivity index (χ4v) is 3.80. The van der Waals surface area contributed by atoms with Crippen molar-refractivity contribution in [3.8, 4) is 11.5 Å². The molecule has 8 nitrogen and oxygen atoms in total. The van der Waals surface area contributed by atoms with Gasteiger partial charge in [-0.25, -0.2) is 22.1 Å². The van der Waals surface area contributed by atoms with E-state index in [1.54, 1.807) is 6.92 Å². The first-order valence-electron chi connectivity index (χ1n) is 6.49. The van der Waals surface area contributed by atoms with Crippen molar-refractivity contribution in [2.75, 3.05) is 10.8 Å². The molecule has 0 N–H and O–H groups in total. The lowest BCUT2D eigenvalue weighted by atomic mass is 10.3. The molecule has 120 valence electrons. The Morgan fingerprint density at radius 2 is 2.09 bits per heavy atom. The van der Waals surface area contributed by atoms with Crippen LogP contribution in [-0.4, -0.2) is 24.9 Å². The third-order valence-corrected chi connectivity index (χ3v) is 5.13. The highest BCUT2D eigenvalue weighted by Crippen LogP contribution is 2.42. The summed E-state index contributed by atoms with van der Waals surface area (Å²) in [6.45, 7) is 1.56. The summed E-state index contributed by atoms with van der Waals surface area (Å²) in [4.78, 5) is 13.7. The Kier molecular flexibility index (Phi) is 3.40. The van der Waals surface area contributed by atoms with Crippen molar-refractivity contribution >= 4 is 21.5 Å². The van der Waals surface area contributed by atoms with Gasteiger partial charge < -0.3 is 4.74 Å². The van der Waals surface area contributed by atoms with E-state index in [2.05, 4.69) is 4.98 Å². The SMILES string of the molecule is CCN1c2ncc([N+](=O)[O-])cc2Oc2ccc(F)cc2S1(=O)=O. The molecule has 1 aliphatic heterocycles. The lowest BCUT2D eigenvalue weighted by molar-refractivity contribution is -0.385. The Hall–Kier alpha value is -2.75. The van der Waals surface area contributed by atoms with Crippen LogP contribution < -0.4 is 9.04 Å². The number of pyridine rings is 1. The number of rotatable bonds is 2. The topological polar surface area (TPSA) is 103 Å². The van der Waals surface area contributed by atoms with Gasteiger partial charge in [0, 0.05) is 6.54 Å². The molecule has 2 heterocycles. The van der Waals surface area contributed by atoms with Crippen LogP contribution in [-0.2, 0) is 10.0 Å². The van der Waals surface area contributed by atoms with Gasteiger partial charge in [-0.3, -0.25) is 10.1 Å². The van der Waals surface area contributed by atoms with Gasteiger partial charge >= 0.3 is 0 Å². The molecule has 2 aromatic rings. The molecular formula is C13H10FN3O5S. The number of hydrogen-bond acceptors (Lipinski definition) is 6. The average molecular weight is 339 g/mol. The number of benzene rings is 1. The summed E-state index contributed by atoms with van der Waals surface area (Å²) in [5.41, 5.74) is -0.345. The van der Waals surface area contributed by atoms with E-state index in [1.807, 2.05) is 0 Å². The number of sulfonamides is 1. The van der Waals surface area contributed by atoms with Crippen LogP contribution in [0.5, 0.6) is 11.5 Å². The predicted molar refractivity (Wildman–Crippen MR) is 77.6 cm³/mol. The molecule has 1 aromatic heterocycles. The van der Waals surface area contributed by atoms with Crippen LogP contribution in [0.3, 0.4) is 0 Å². The number of fused-ring (bicyclic) bond motifs is 2. The van der Waals surface area contributed by atoms with E-state index in [-0.39, 0.29) is 34.4 Å². The maximum atomic E-state index is 13.5. The molecule has 1 aromatic carbocycles. The summed E-state index contributed by atoms with van der Waals surface area (Å²) >= 11 is 0. The third-order valence-electron chi connectivity index (χ3n) is 3.25. The molecule has 0 atom stereocenters. The van der Waals surface area contributed by atoms with E-state index in [4.69, 9.17) is 4.74 Å². The maximum absolute atomic E-state index is 13.5. The van der Waals surface area contributed by atoms with E-state index in [0.29, 0.717) is 0 Å². The van der Waals surface area contributed by atoms with Crippen LogP contribution in [0.4, 0.5) is 15.9 Å². The first-order valence-corrected chi connectivity index (χ1v) is 7.93. The molecule has 1 aliphatic rings. The second-order valence-electron chi connectivity index (χ2n) is 4.64. The number of halogens is 1. The summed E-state index contributed by atoms with van der Waals surface area (Å²) < 4.78 is 45.2. The Morgan fingerprint density at radius 3 is 2.74 bits per heavy atom. The standard InChI is InChI=1S/C13H10FN3O5S/c1-2-16-13-11(6-9(7-15-13)17(18)19)22-10-4-3-8(14)5-12(10)23(16,20)21/h3-7H,2H2,1H3. The fourth-order valence-electron chi connectivity index (χ4n) is 2.23. The summed E-state index contributed by atoms with van der Waals surface area (Å²) in [6.07, 6.45) is 0.941. The van der Waals surface area contributed by atoms with Gasteiger partial charge in [0.2, 0.25) is 0 Å². The van der Waals surface area contributed by atoms with Gasteiger partial charge in [-0.1, -0.05) is 0 Å². The van der Waals surface area contributed by atoms with Gasteiger partial charge in [-0.15, -0.1) is 0 Å². The fraction of sp³-hybridized carbons (Fsp3) is 0.154. The van der Waals surface area contributed by atoms with Crippen molar-refractivity contribution in [1.82, 2.24) is 4.98 Å². The molecule has 0 unspecified atom stereocenters. The molecule has 0 spiro atoms. The highest BCUT2D eigenvalue weighted by atomic mass is 32.2. The minimum atomic E-state index is -4.10. The number of anilines is 1. The van der Waals surface area contributed by atoms with Gasteiger partial charge in [-0.05, 0) is 25.1 Å². The van der Waals surface area contributed by atoms with E-state index < -0.39 is 20.8 Å². The van der Waals surface area contributed by atoms with Crippen LogP contribution in [0.1, 0.15) is 6.92 Å². The molecule has 23 heavy (non-hydrogen) atoms. The van der Waals surface area contributed by atoms with Crippen molar-refractivity contribution in [2.45, 2.75) is 11.8 Å². The van der Waals surface area contributed by atoms with Crippen molar-refractivity contribution in [2.24, 2.45) is 0 Å². The summed E-state index contributed by atoms with van der Waals surface area (Å²) in [6, 6.07) is 4.12. The number of ether oxygens (including phenoxy) is 1. The first kappa shape index (κ1) is 15.2. The summed E-state index contributed by atoms with van der Waals surface area (Å²) in [5, 5.41) is 10.9. The molecule has 0 fully saturated rings. The van der Waals surface area contributed by atoms with E-state index in [9.17, 15) is 22.9 Å². The quantitative estimate of drug-likeness (QED) is 0.615. The minimum absolute atomic E-state index is 0.000538. The van der Waals surface area contributed by atoms with Gasteiger partial charge in [0.25, 0.3) is 15.7 Å². The number of nitrogens with zero attached hydrogens (tertiary/aromatic N) is 3. The summed E-state index contributed by atoms with van der Waals surface area (Å²) in [7, 11) is -4.10. The van der Waals surface area contributed by atoms with Crippen LogP contribution in [0.25, 0.3) is 0 Å². The highest BCUT2D eigenvalue weighted by Gasteiger charge is 2.35. The second-order valence-corrected chi connectivity index (χ2v) is 6.47. The largest absolute Gasteiger partial charge is 0.452 e. The minimum Gasteiger partial charge on any atom is -0.452 e. The first-order chi connectivity index (χ1) is 10.8. The average Bonchev–Trinajstić information content (AvgIpc) is 2.58. The van der Waals surface area contributed by atoms with E-state index in [1.165, 1.54) is 0 Å². The van der Waals surface area contributed by atoms with Gasteiger partial charge in [0.15, 0.2) is 11.6 Å². The van der Waals surface area contributed by atoms with E-state index in [0.717, 1.165) is 34.8 Å². The van der Waals surface area contributed by atoms with Crippen LogP contribution in [0, 0.1) is 15.9 Å². The zero-order chi connectivity index (χ0) is 16.8. The van der Waals surface area contributed by atoms with Gasteiger partial charge in [-0.2, -0.15) is 0 Å². The van der Waals surface area contributed by atoms with Crippen LogP contribution in [0.2, 0.25) is 0 Å². The number of aromatic nitrogens is 1. The van der Waals surface area contributed by atoms with Gasteiger partial charge in [0.1, 0.15) is 22.7 Å². The summed E-state index contributed by atoms with van der Waals surface area (Å²) in [5.74, 6) is -1.03. The molecule has 0 saturated heterocycles. The predicted octanol–water partition coefficient (Wildman–Crippen LogP) is 2.45. The zero-order valence-corrected chi connectivity index (χ0v) is 12.6. The Labute approximate surface area is 130 Å². The Bertz CT molecular complexity index is 916. The van der Waals surface area contributed by atoms with Gasteiger partial charge in [0.05, 0.1) is 11.0 Å². The van der Waals surface area contributed by atoms with E-state index >= 15 is 0 Å². The lowest BCUT2D eigenvalue weighted by Gasteiger charge is -2.19. The smallest absolute Gasteiger partial charge is 0.291 e. The highest BCUT2D eigenvalue weighted by molar-refractivity contribution is 7.93. The normalized spacial score (nSPS) is 15.1. The molecule has 0 aliphatic carbocycles. The van der Waals surface area contributed by atoms with Crippen molar-refractivity contribution < 1.29 is 22.5 Å².